The van der Waals surface area contributed by atoms with Crippen LogP contribution in [0.4, 0.5) is 17.6 Å². The minimum absolute atomic E-state index is 0.0838. The first kappa shape index (κ1) is 22.8. The highest BCUT2D eigenvalue weighted by Crippen LogP contribution is 2.33. The van der Waals surface area contributed by atoms with Gasteiger partial charge in [0.25, 0.3) is 0 Å². The van der Waals surface area contributed by atoms with Crippen LogP contribution in [0.5, 0.6) is 0 Å². The molecule has 0 aliphatic heterocycles. The molecule has 0 radical (unpaired) electrons. The van der Waals surface area contributed by atoms with Crippen LogP contribution < -0.4 is 0 Å². The summed E-state index contributed by atoms with van der Waals surface area (Å²) in [4.78, 5) is 0. The molecule has 25 heavy (non-hydrogen) atoms. The predicted molar refractivity (Wildman–Crippen MR) is 92.2 cm³/mol. The molecule has 0 rings (SSSR count). The minimum atomic E-state index is -1.47. The SMILES string of the molecule is C=C(O)/C(F)=C(/F)C(=C)C(C)CCC(C)C(=C)/C(F)=C(/F)C(=C)OC. The Hall–Kier alpha value is -2.24. The maximum Gasteiger partial charge on any atom is 0.200 e. The van der Waals surface area contributed by atoms with Crippen molar-refractivity contribution in [3.05, 3.63) is 72.3 Å². The molecule has 0 aromatic heterocycles. The highest BCUT2D eigenvalue weighted by molar-refractivity contribution is 5.34. The van der Waals surface area contributed by atoms with Crippen molar-refractivity contribution in [2.75, 3.05) is 7.11 Å². The van der Waals surface area contributed by atoms with Crippen LogP contribution in [0.2, 0.25) is 0 Å². The van der Waals surface area contributed by atoms with E-state index >= 15 is 0 Å². The van der Waals surface area contributed by atoms with Crippen molar-refractivity contribution in [1.29, 1.82) is 0 Å². The van der Waals surface area contributed by atoms with Gasteiger partial charge in [0, 0.05) is 0 Å². The molecule has 0 aromatic rings. The van der Waals surface area contributed by atoms with E-state index in [-0.39, 0.29) is 11.1 Å². The summed E-state index contributed by atoms with van der Waals surface area (Å²) < 4.78 is 59.3. The number of aliphatic hydroxyl groups is 1. The lowest BCUT2D eigenvalue weighted by atomic mass is 9.88. The van der Waals surface area contributed by atoms with Crippen LogP contribution in [0.1, 0.15) is 26.7 Å². The second-order valence-corrected chi connectivity index (χ2v) is 5.76. The molecule has 0 aromatic carbocycles. The Balaban J connectivity index is 4.95. The Morgan fingerprint density at radius 3 is 1.48 bits per heavy atom. The zero-order valence-corrected chi connectivity index (χ0v) is 14.8. The minimum Gasteiger partial charge on any atom is -0.505 e. The van der Waals surface area contributed by atoms with E-state index < -0.39 is 46.7 Å². The Bertz CT molecular complexity index is 629. The van der Waals surface area contributed by atoms with Gasteiger partial charge in [0.05, 0.1) is 7.11 Å². The molecule has 0 saturated carbocycles. The molecule has 0 spiro atoms. The third kappa shape index (κ3) is 6.29. The van der Waals surface area contributed by atoms with Crippen molar-refractivity contribution < 1.29 is 27.4 Å². The summed E-state index contributed by atoms with van der Waals surface area (Å²) in [6.45, 7) is 16.3. The largest absolute Gasteiger partial charge is 0.505 e. The smallest absolute Gasteiger partial charge is 0.200 e. The average Bonchev–Trinajstić information content (AvgIpc) is 2.60. The molecule has 0 heterocycles. The molecule has 2 nitrogen and oxygen atoms in total. The molecular formula is C19H24F4O2. The van der Waals surface area contributed by atoms with E-state index in [0.717, 1.165) is 7.11 Å². The van der Waals surface area contributed by atoms with Gasteiger partial charge in [-0.15, -0.1) is 0 Å². The van der Waals surface area contributed by atoms with Gasteiger partial charge in [0.2, 0.25) is 0 Å². The molecule has 140 valence electrons. The van der Waals surface area contributed by atoms with E-state index in [9.17, 15) is 17.6 Å². The monoisotopic (exact) mass is 360 g/mol. The second-order valence-electron chi connectivity index (χ2n) is 5.76. The Morgan fingerprint density at radius 2 is 1.16 bits per heavy atom. The summed E-state index contributed by atoms with van der Waals surface area (Å²) in [5, 5.41) is 8.87. The number of halogens is 4. The van der Waals surface area contributed by atoms with Crippen LogP contribution in [0.3, 0.4) is 0 Å². The third-order valence-corrected chi connectivity index (χ3v) is 3.92. The summed E-state index contributed by atoms with van der Waals surface area (Å²) in [6, 6.07) is 0. The molecule has 0 fully saturated rings. The Morgan fingerprint density at radius 1 is 0.800 bits per heavy atom. The number of allylic oxidation sites excluding steroid dienone is 6. The molecule has 1 N–H and O–H groups in total. The lowest BCUT2D eigenvalue weighted by molar-refractivity contribution is 0.280. The van der Waals surface area contributed by atoms with E-state index in [4.69, 9.17) is 5.11 Å². The van der Waals surface area contributed by atoms with Crippen LogP contribution >= 0.6 is 0 Å². The van der Waals surface area contributed by atoms with Crippen molar-refractivity contribution in [3.8, 4) is 0 Å². The first-order valence-electron chi connectivity index (χ1n) is 7.55. The summed E-state index contributed by atoms with van der Waals surface area (Å²) in [5.41, 5.74) is -0.236. The number of ether oxygens (including phenoxy) is 1. The van der Waals surface area contributed by atoms with Crippen molar-refractivity contribution in [2.45, 2.75) is 26.7 Å². The fraction of sp³-hybridized carbons (Fsp3) is 0.368. The maximum absolute atomic E-state index is 14.0. The summed E-state index contributed by atoms with van der Waals surface area (Å²) in [5.74, 6) is -7.55. The van der Waals surface area contributed by atoms with Gasteiger partial charge in [0.1, 0.15) is 11.5 Å². The van der Waals surface area contributed by atoms with Gasteiger partial charge in [-0.25, -0.2) is 8.78 Å². The summed E-state index contributed by atoms with van der Waals surface area (Å²) in [6.07, 6.45) is 0.645. The van der Waals surface area contributed by atoms with Gasteiger partial charge < -0.3 is 9.84 Å². The molecule has 0 aliphatic carbocycles. The Kier molecular flexibility index (Phi) is 9.02. The van der Waals surface area contributed by atoms with Crippen LogP contribution in [-0.4, -0.2) is 12.2 Å². The fourth-order valence-corrected chi connectivity index (χ4v) is 1.90. The Labute approximate surface area is 146 Å². The number of rotatable bonds is 10. The number of aliphatic hydroxyl groups excluding tert-OH is 1. The normalized spacial score (nSPS) is 15.5. The molecule has 2 unspecified atom stereocenters. The number of hydrogen-bond donors (Lipinski definition) is 1. The van der Waals surface area contributed by atoms with Crippen molar-refractivity contribution in [2.24, 2.45) is 11.8 Å². The number of methoxy groups -OCH3 is 1. The topological polar surface area (TPSA) is 29.5 Å². The summed E-state index contributed by atoms with van der Waals surface area (Å²) >= 11 is 0. The quantitative estimate of drug-likeness (QED) is 0.267. The van der Waals surface area contributed by atoms with E-state index in [0.29, 0.717) is 12.8 Å². The first-order chi connectivity index (χ1) is 11.4. The third-order valence-electron chi connectivity index (χ3n) is 3.92. The van der Waals surface area contributed by atoms with Gasteiger partial charge in [-0.1, -0.05) is 40.2 Å². The van der Waals surface area contributed by atoms with E-state index in [1.165, 1.54) is 0 Å². The molecule has 2 atom stereocenters. The number of hydrogen-bond acceptors (Lipinski definition) is 2. The molecule has 0 bridgehead atoms. The van der Waals surface area contributed by atoms with Crippen molar-refractivity contribution in [3.63, 3.8) is 0 Å². The predicted octanol–water partition coefficient (Wildman–Crippen LogP) is 6.68. The molecule has 0 amide bonds. The molecular weight excluding hydrogens is 336 g/mol. The maximum atomic E-state index is 14.0. The standard InChI is InChI=1S/C19H24F4O2/c1-10(12(3)16(20)18(22)14(5)24)8-9-11(2)13(4)17(21)19(23)15(6)25-7/h10-11,24H,3-6,8-9H2,1-2,7H3/b18-16-,19-17-. The van der Waals surface area contributed by atoms with E-state index in [2.05, 4.69) is 31.1 Å². The molecule has 0 aliphatic rings. The van der Waals surface area contributed by atoms with Gasteiger partial charge in [0.15, 0.2) is 23.3 Å². The molecule has 0 saturated heterocycles. The van der Waals surface area contributed by atoms with Crippen molar-refractivity contribution in [1.82, 2.24) is 0 Å². The van der Waals surface area contributed by atoms with Crippen LogP contribution in [-0.2, 0) is 4.74 Å². The van der Waals surface area contributed by atoms with Gasteiger partial charge >= 0.3 is 0 Å². The van der Waals surface area contributed by atoms with Gasteiger partial charge in [-0.3, -0.25) is 0 Å². The average molecular weight is 360 g/mol. The highest BCUT2D eigenvalue weighted by atomic mass is 19.2. The van der Waals surface area contributed by atoms with E-state index in [1.54, 1.807) is 13.8 Å². The first-order valence-corrected chi connectivity index (χ1v) is 7.55. The zero-order chi connectivity index (χ0) is 19.9. The van der Waals surface area contributed by atoms with E-state index in [1.807, 2.05) is 0 Å². The van der Waals surface area contributed by atoms with Crippen LogP contribution in [0.25, 0.3) is 0 Å². The highest BCUT2D eigenvalue weighted by Gasteiger charge is 2.21. The van der Waals surface area contributed by atoms with Crippen LogP contribution in [0.15, 0.2) is 72.3 Å². The fourth-order valence-electron chi connectivity index (χ4n) is 1.90. The second kappa shape index (κ2) is 9.91. The zero-order valence-electron chi connectivity index (χ0n) is 14.8. The lowest BCUT2D eigenvalue weighted by Crippen LogP contribution is -2.07. The van der Waals surface area contributed by atoms with Crippen molar-refractivity contribution >= 4 is 0 Å². The van der Waals surface area contributed by atoms with Gasteiger partial charge in [-0.05, 0) is 35.8 Å². The van der Waals surface area contributed by atoms with Crippen LogP contribution in [0, 0.1) is 11.8 Å². The lowest BCUT2D eigenvalue weighted by Gasteiger charge is -2.18. The molecule has 6 heteroatoms. The summed E-state index contributed by atoms with van der Waals surface area (Å²) in [7, 11) is 1.16. The van der Waals surface area contributed by atoms with Gasteiger partial charge in [-0.2, -0.15) is 8.78 Å².